The quantitative estimate of drug-likeness (QED) is 0.544. The Morgan fingerprint density at radius 1 is 1.38 bits per heavy atom. The van der Waals surface area contributed by atoms with Crippen LogP contribution in [0.15, 0.2) is 30.6 Å². The number of pyridine rings is 1. The molecule has 3 heterocycles. The molecule has 9 nitrogen and oxygen atoms in total. The van der Waals surface area contributed by atoms with Crippen molar-refractivity contribution in [2.45, 2.75) is 33.1 Å². The maximum atomic E-state index is 11.7. The number of aryl methyl sites for hydroxylation is 1. The first-order valence-electron chi connectivity index (χ1n) is 10.1. The molecule has 0 radical (unpaired) electrons. The maximum Gasteiger partial charge on any atom is 0.338 e. The Morgan fingerprint density at radius 3 is 2.91 bits per heavy atom. The highest BCUT2D eigenvalue weighted by molar-refractivity contribution is 5.93. The summed E-state index contributed by atoms with van der Waals surface area (Å²) in [5.74, 6) is 0.751. The minimum absolute atomic E-state index is 0.243. The Kier molecular flexibility index (Phi) is 5.90. The van der Waals surface area contributed by atoms with Crippen molar-refractivity contribution in [1.29, 1.82) is 5.26 Å². The number of rotatable bonds is 7. The van der Waals surface area contributed by atoms with E-state index in [0.717, 1.165) is 27.8 Å². The molecule has 4 rings (SSSR count). The zero-order valence-electron chi connectivity index (χ0n) is 18.0. The number of hydrogen-bond acceptors (Lipinski definition) is 8. The number of aliphatic hydroxyl groups excluding tert-OH is 1. The van der Waals surface area contributed by atoms with Gasteiger partial charge in [0, 0.05) is 30.4 Å². The largest absolute Gasteiger partial charge is 0.481 e. The van der Waals surface area contributed by atoms with Gasteiger partial charge in [-0.05, 0) is 42.7 Å². The maximum absolute atomic E-state index is 11.7. The Labute approximate surface area is 185 Å². The Bertz CT molecular complexity index is 1230. The van der Waals surface area contributed by atoms with Gasteiger partial charge in [0.15, 0.2) is 5.82 Å². The molecule has 0 amide bonds. The first-order valence-corrected chi connectivity index (χ1v) is 10.1. The zero-order valence-corrected chi connectivity index (χ0v) is 18.0. The fraction of sp³-hybridized carbons (Fsp3) is 0.304. The number of aliphatic hydroxyl groups is 1. The molecule has 3 aromatic rings. The predicted octanol–water partition coefficient (Wildman–Crippen LogP) is 2.26. The number of ether oxygens (including phenoxy) is 2. The van der Waals surface area contributed by atoms with Crippen LogP contribution in [0, 0.1) is 25.2 Å². The van der Waals surface area contributed by atoms with Gasteiger partial charge in [-0.2, -0.15) is 15.0 Å². The Morgan fingerprint density at radius 2 is 2.19 bits per heavy atom. The molecular weight excluding hydrogens is 410 g/mol. The van der Waals surface area contributed by atoms with E-state index in [1.165, 1.54) is 6.20 Å². The second-order valence-corrected chi connectivity index (χ2v) is 7.59. The summed E-state index contributed by atoms with van der Waals surface area (Å²) in [7, 11) is 1.56. The van der Waals surface area contributed by atoms with Gasteiger partial charge in [-0.3, -0.25) is 0 Å². The van der Waals surface area contributed by atoms with Crippen molar-refractivity contribution in [3.63, 3.8) is 0 Å². The molecule has 9 heteroatoms. The normalized spacial score (nSPS) is 13.4. The standard InChI is InChI=1S/C23H23N5O4/c1-13-6-21(26-9-15(13)7-24)28-22(31-3)16(10-27-28)8-25-11-20(29)17-4-5-18-19(14(17)2)12-32-23(18)30/h4-6,9-10,20,25,29H,8,11-12H2,1-3H3. The fourth-order valence-corrected chi connectivity index (χ4v) is 3.83. The van der Waals surface area contributed by atoms with Gasteiger partial charge in [-0.15, -0.1) is 0 Å². The summed E-state index contributed by atoms with van der Waals surface area (Å²) in [4.78, 5) is 16.0. The molecule has 1 unspecified atom stereocenters. The topological polar surface area (TPSA) is 122 Å². The number of fused-ring (bicyclic) bond motifs is 1. The van der Waals surface area contributed by atoms with Crippen molar-refractivity contribution in [2.75, 3.05) is 13.7 Å². The number of nitrogens with zero attached hydrogens (tertiary/aromatic N) is 4. The number of esters is 1. The van der Waals surface area contributed by atoms with E-state index in [0.29, 0.717) is 35.9 Å². The molecule has 0 fully saturated rings. The average Bonchev–Trinajstić information content (AvgIpc) is 3.37. The minimum Gasteiger partial charge on any atom is -0.481 e. The lowest BCUT2D eigenvalue weighted by molar-refractivity contribution is 0.0535. The van der Waals surface area contributed by atoms with Gasteiger partial charge in [-0.25, -0.2) is 9.78 Å². The van der Waals surface area contributed by atoms with Crippen LogP contribution in [-0.4, -0.2) is 39.5 Å². The summed E-state index contributed by atoms with van der Waals surface area (Å²) in [6.07, 6.45) is 2.44. The van der Waals surface area contributed by atoms with E-state index >= 15 is 0 Å². The number of carbonyl (C=O) groups excluding carboxylic acids is 1. The third-order valence-corrected chi connectivity index (χ3v) is 5.64. The van der Waals surface area contributed by atoms with Gasteiger partial charge >= 0.3 is 5.97 Å². The SMILES string of the molecule is COc1c(CNCC(O)c2ccc3c(c2C)COC3=O)cnn1-c1cc(C)c(C#N)cn1. The number of nitrogens with one attached hydrogen (secondary N) is 1. The van der Waals surface area contributed by atoms with Crippen LogP contribution in [0.1, 0.15) is 49.8 Å². The van der Waals surface area contributed by atoms with Crippen molar-refractivity contribution >= 4 is 5.97 Å². The highest BCUT2D eigenvalue weighted by atomic mass is 16.5. The number of methoxy groups -OCH3 is 1. The van der Waals surface area contributed by atoms with Crippen LogP contribution in [0.5, 0.6) is 5.88 Å². The van der Waals surface area contributed by atoms with E-state index in [1.54, 1.807) is 36.2 Å². The molecule has 1 aromatic carbocycles. The van der Waals surface area contributed by atoms with Crippen LogP contribution >= 0.6 is 0 Å². The molecule has 0 saturated heterocycles. The van der Waals surface area contributed by atoms with Crippen molar-refractivity contribution in [3.8, 4) is 17.8 Å². The van der Waals surface area contributed by atoms with Crippen molar-refractivity contribution in [1.82, 2.24) is 20.1 Å². The third kappa shape index (κ3) is 3.82. The van der Waals surface area contributed by atoms with Gasteiger partial charge in [0.25, 0.3) is 0 Å². The van der Waals surface area contributed by atoms with Crippen LogP contribution < -0.4 is 10.1 Å². The predicted molar refractivity (Wildman–Crippen MR) is 114 cm³/mol. The van der Waals surface area contributed by atoms with E-state index in [-0.39, 0.29) is 12.6 Å². The first kappa shape index (κ1) is 21.5. The number of hydrogen-bond donors (Lipinski definition) is 2. The minimum atomic E-state index is -0.750. The van der Waals surface area contributed by atoms with Gasteiger partial charge in [0.1, 0.15) is 12.7 Å². The van der Waals surface area contributed by atoms with E-state index < -0.39 is 6.10 Å². The van der Waals surface area contributed by atoms with Crippen molar-refractivity contribution in [2.24, 2.45) is 0 Å². The molecular formula is C23H23N5O4. The Balaban J connectivity index is 1.46. The van der Waals surface area contributed by atoms with Crippen molar-refractivity contribution in [3.05, 3.63) is 69.5 Å². The molecule has 1 aliphatic rings. The number of carbonyl (C=O) groups is 1. The number of benzene rings is 1. The molecule has 0 aliphatic carbocycles. The smallest absolute Gasteiger partial charge is 0.338 e. The van der Waals surface area contributed by atoms with Gasteiger partial charge in [0.05, 0.1) is 30.5 Å². The van der Waals surface area contributed by atoms with Gasteiger partial charge < -0.3 is 19.9 Å². The van der Waals surface area contributed by atoms with E-state index in [9.17, 15) is 9.90 Å². The van der Waals surface area contributed by atoms with E-state index in [4.69, 9.17) is 14.7 Å². The lowest BCUT2D eigenvalue weighted by Crippen LogP contribution is -2.22. The molecule has 0 bridgehead atoms. The lowest BCUT2D eigenvalue weighted by atomic mass is 9.95. The third-order valence-electron chi connectivity index (χ3n) is 5.64. The highest BCUT2D eigenvalue weighted by Gasteiger charge is 2.25. The molecule has 1 atom stereocenters. The number of aromatic nitrogens is 3. The molecule has 2 N–H and O–H groups in total. The monoisotopic (exact) mass is 433 g/mol. The first-order chi connectivity index (χ1) is 15.4. The average molecular weight is 433 g/mol. The molecule has 0 saturated carbocycles. The van der Waals surface area contributed by atoms with Gasteiger partial charge in [-0.1, -0.05) is 6.07 Å². The summed E-state index contributed by atoms with van der Waals surface area (Å²) < 4.78 is 12.2. The molecule has 2 aromatic heterocycles. The lowest BCUT2D eigenvalue weighted by Gasteiger charge is -2.16. The van der Waals surface area contributed by atoms with E-state index in [2.05, 4.69) is 21.5 Å². The molecule has 32 heavy (non-hydrogen) atoms. The second-order valence-electron chi connectivity index (χ2n) is 7.59. The summed E-state index contributed by atoms with van der Waals surface area (Å²) in [6, 6.07) is 7.35. The second kappa shape index (κ2) is 8.78. The molecule has 1 aliphatic heterocycles. The van der Waals surface area contributed by atoms with Crippen LogP contribution in [0.4, 0.5) is 0 Å². The van der Waals surface area contributed by atoms with Crippen molar-refractivity contribution < 1.29 is 19.4 Å². The summed E-state index contributed by atoms with van der Waals surface area (Å²) in [6.45, 7) is 4.69. The highest BCUT2D eigenvalue weighted by Crippen LogP contribution is 2.29. The summed E-state index contributed by atoms with van der Waals surface area (Å²) >= 11 is 0. The van der Waals surface area contributed by atoms with Crippen LogP contribution in [0.25, 0.3) is 5.82 Å². The van der Waals surface area contributed by atoms with Crippen LogP contribution in [0.2, 0.25) is 0 Å². The fourth-order valence-electron chi connectivity index (χ4n) is 3.83. The Hall–Kier alpha value is -3.74. The van der Waals surface area contributed by atoms with E-state index in [1.807, 2.05) is 13.8 Å². The van der Waals surface area contributed by atoms with Crippen LogP contribution in [-0.2, 0) is 17.9 Å². The summed E-state index contributed by atoms with van der Waals surface area (Å²) in [5.41, 5.74) is 5.14. The number of nitriles is 1. The van der Waals surface area contributed by atoms with Gasteiger partial charge in [0.2, 0.25) is 5.88 Å². The summed E-state index contributed by atoms with van der Waals surface area (Å²) in [5, 5.41) is 27.4. The molecule has 0 spiro atoms. The van der Waals surface area contributed by atoms with Crippen LogP contribution in [0.3, 0.4) is 0 Å². The molecule has 164 valence electrons. The zero-order chi connectivity index (χ0) is 22.8. The number of cyclic esters (lactones) is 1.